The molecule has 0 aromatic carbocycles. The Hall–Kier alpha value is -0.900. The molecule has 5 fully saturated rings. The number of hydrogen-bond acceptors (Lipinski definition) is 4. The minimum absolute atomic E-state index is 0.0349. The predicted molar refractivity (Wildman–Crippen MR) is 161 cm³/mol. The van der Waals surface area contributed by atoms with Crippen molar-refractivity contribution < 1.29 is 19.1 Å². The van der Waals surface area contributed by atoms with E-state index < -0.39 is 0 Å². The summed E-state index contributed by atoms with van der Waals surface area (Å²) < 4.78 is 12.2. The molecular weight excluding hydrogens is 496 g/mol. The molecule has 5 aliphatic rings. The predicted octanol–water partition coefficient (Wildman–Crippen LogP) is 9.08. The van der Waals surface area contributed by atoms with Gasteiger partial charge in [0, 0.05) is 18.3 Å². The summed E-state index contributed by atoms with van der Waals surface area (Å²) in [6, 6.07) is 0. The molecule has 5 rings (SSSR count). The van der Waals surface area contributed by atoms with Crippen LogP contribution in [0.15, 0.2) is 0 Å². The molecule has 40 heavy (non-hydrogen) atoms. The van der Waals surface area contributed by atoms with Gasteiger partial charge in [0.25, 0.3) is 0 Å². The van der Waals surface area contributed by atoms with Crippen molar-refractivity contribution in [1.29, 1.82) is 0 Å². The van der Waals surface area contributed by atoms with Gasteiger partial charge in [0.2, 0.25) is 0 Å². The van der Waals surface area contributed by atoms with Crippen molar-refractivity contribution in [2.75, 3.05) is 6.61 Å². The average molecular weight is 557 g/mol. The number of hydrogen-bond donors (Lipinski definition) is 0. The summed E-state index contributed by atoms with van der Waals surface area (Å²) in [6.45, 7) is 10.7. The molecule has 1 aliphatic heterocycles. The van der Waals surface area contributed by atoms with Gasteiger partial charge < -0.3 is 14.3 Å². The fourth-order valence-electron chi connectivity index (χ4n) is 11.1. The smallest absolute Gasteiger partial charge is 0.305 e. The van der Waals surface area contributed by atoms with E-state index in [9.17, 15) is 9.59 Å². The molecule has 4 saturated carbocycles. The topological polar surface area (TPSA) is 55.9 Å². The van der Waals surface area contributed by atoms with Crippen molar-refractivity contribution in [2.45, 2.75) is 161 Å². The Morgan fingerprint density at radius 1 is 0.925 bits per heavy atom. The summed E-state index contributed by atoms with van der Waals surface area (Å²) in [5.41, 5.74) is 1.24. The normalized spacial score (nSPS) is 41.1. The second-order valence-corrected chi connectivity index (χ2v) is 15.6. The molecular formula is C36H60O4. The Kier molecular flexibility index (Phi) is 9.75. The number of ether oxygens (including phenoxy) is 2. The molecule has 0 N–H and O–H groups in total. The summed E-state index contributed by atoms with van der Waals surface area (Å²) >= 11 is 0. The zero-order valence-electron chi connectivity index (χ0n) is 26.4. The highest BCUT2D eigenvalue weighted by atomic mass is 16.6. The molecule has 4 heteroatoms. The van der Waals surface area contributed by atoms with Crippen LogP contribution in [0, 0.1) is 46.3 Å². The number of unbranched alkanes of at least 4 members (excludes halogenated alkanes) is 5. The number of carbonyl (C=O) groups is 2. The van der Waals surface area contributed by atoms with Gasteiger partial charge in [-0.2, -0.15) is 0 Å². The maximum atomic E-state index is 12.2. The van der Waals surface area contributed by atoms with Gasteiger partial charge in [-0.05, 0) is 105 Å². The fraction of sp³-hybridized carbons (Fsp3) is 0.944. The molecule has 228 valence electrons. The Balaban J connectivity index is 1.02. The summed E-state index contributed by atoms with van der Waals surface area (Å²) in [5.74, 6) is 4.78. The Labute approximate surface area is 245 Å². The van der Waals surface area contributed by atoms with Crippen LogP contribution in [0.5, 0.6) is 0 Å². The number of aldehydes is 1. The molecule has 1 saturated heterocycles. The van der Waals surface area contributed by atoms with Crippen LogP contribution >= 0.6 is 0 Å². The van der Waals surface area contributed by atoms with Crippen LogP contribution in [-0.4, -0.2) is 30.6 Å². The van der Waals surface area contributed by atoms with Crippen LogP contribution in [0.2, 0.25) is 0 Å². The van der Waals surface area contributed by atoms with Crippen LogP contribution < -0.4 is 0 Å². The van der Waals surface area contributed by atoms with Gasteiger partial charge in [0.15, 0.2) is 0 Å². The van der Waals surface area contributed by atoms with Gasteiger partial charge in [-0.15, -0.1) is 0 Å². The molecule has 0 bridgehead atoms. The van der Waals surface area contributed by atoms with Crippen LogP contribution in [0.25, 0.3) is 0 Å². The maximum Gasteiger partial charge on any atom is 0.305 e. The molecule has 1 heterocycles. The Morgan fingerprint density at radius 3 is 2.52 bits per heavy atom. The molecule has 3 unspecified atom stereocenters. The van der Waals surface area contributed by atoms with Crippen LogP contribution in [0.1, 0.15) is 150 Å². The van der Waals surface area contributed by atoms with E-state index in [1.807, 2.05) is 0 Å². The van der Waals surface area contributed by atoms with Crippen LogP contribution in [0.4, 0.5) is 0 Å². The number of carbonyl (C=O) groups excluding carboxylic acids is 2. The molecule has 0 radical (unpaired) electrons. The SMILES string of the molecule is CC(CCC[C@@H](C)[C@H]1CC[C@H]2[C@@H]3CC4OC45CCCC[C@]5(C)[C@H]3CC[C@]12C)COC(=O)CCCCCCCC=O. The third-order valence-corrected chi connectivity index (χ3v) is 13.4. The summed E-state index contributed by atoms with van der Waals surface area (Å²) in [5, 5.41) is 0. The van der Waals surface area contributed by atoms with E-state index in [0.717, 1.165) is 74.4 Å². The summed E-state index contributed by atoms with van der Waals surface area (Å²) in [4.78, 5) is 22.5. The van der Waals surface area contributed by atoms with Gasteiger partial charge in [0.1, 0.15) is 11.9 Å². The zero-order valence-corrected chi connectivity index (χ0v) is 26.4. The van der Waals surface area contributed by atoms with Crippen LogP contribution in [0.3, 0.4) is 0 Å². The van der Waals surface area contributed by atoms with E-state index in [1.165, 1.54) is 70.6 Å². The van der Waals surface area contributed by atoms with E-state index in [2.05, 4.69) is 27.7 Å². The third-order valence-electron chi connectivity index (χ3n) is 13.4. The number of epoxide rings is 1. The van der Waals surface area contributed by atoms with Crippen LogP contribution in [-0.2, 0) is 19.1 Å². The molecule has 10 atom stereocenters. The quantitative estimate of drug-likeness (QED) is 0.0873. The highest BCUT2D eigenvalue weighted by Crippen LogP contribution is 2.74. The summed E-state index contributed by atoms with van der Waals surface area (Å²) in [7, 11) is 0. The zero-order chi connectivity index (χ0) is 28.4. The second-order valence-electron chi connectivity index (χ2n) is 15.6. The minimum Gasteiger partial charge on any atom is -0.465 e. The first kappa shape index (κ1) is 30.6. The largest absolute Gasteiger partial charge is 0.465 e. The lowest BCUT2D eigenvalue weighted by Gasteiger charge is -2.59. The van der Waals surface area contributed by atoms with Gasteiger partial charge in [-0.1, -0.05) is 72.6 Å². The lowest BCUT2D eigenvalue weighted by molar-refractivity contribution is -0.145. The van der Waals surface area contributed by atoms with Crippen molar-refractivity contribution in [1.82, 2.24) is 0 Å². The van der Waals surface area contributed by atoms with E-state index >= 15 is 0 Å². The molecule has 1 spiro atoms. The van der Waals surface area contributed by atoms with Gasteiger partial charge >= 0.3 is 5.97 Å². The van der Waals surface area contributed by atoms with E-state index in [0.29, 0.717) is 42.3 Å². The molecule has 4 nitrogen and oxygen atoms in total. The second kappa shape index (κ2) is 12.8. The van der Waals surface area contributed by atoms with Crippen molar-refractivity contribution in [3.8, 4) is 0 Å². The fourth-order valence-corrected chi connectivity index (χ4v) is 11.1. The maximum absolute atomic E-state index is 12.2. The first-order valence-corrected chi connectivity index (χ1v) is 17.5. The van der Waals surface area contributed by atoms with Crippen molar-refractivity contribution in [2.24, 2.45) is 46.3 Å². The lowest BCUT2D eigenvalue weighted by atomic mass is 9.44. The first-order chi connectivity index (χ1) is 19.2. The Morgan fingerprint density at radius 2 is 1.70 bits per heavy atom. The lowest BCUT2D eigenvalue weighted by Crippen LogP contribution is -2.57. The number of rotatable bonds is 15. The highest BCUT2D eigenvalue weighted by molar-refractivity contribution is 5.69. The minimum atomic E-state index is -0.0349. The monoisotopic (exact) mass is 556 g/mol. The number of fused-ring (bicyclic) bond motifs is 4. The van der Waals surface area contributed by atoms with Gasteiger partial charge in [0.05, 0.1) is 12.7 Å². The standard InChI is InChI=1S/C36H60O4/c1-26(25-39-33(38)16-9-7-5-6-8-12-23-37)14-13-15-27(2)29-17-18-30-28-24-32-36(40-32)21-11-10-20-35(36,4)31(28)19-22-34(29,30)3/h23,26-32H,5-22,24-25H2,1-4H3/t26?,27-,28+,29-,30+,31+,32?,34-,35-,36?/m1/s1. The van der Waals surface area contributed by atoms with Gasteiger partial charge in [-0.3, -0.25) is 4.79 Å². The van der Waals surface area contributed by atoms with E-state index in [4.69, 9.17) is 9.47 Å². The van der Waals surface area contributed by atoms with E-state index in [1.54, 1.807) is 0 Å². The van der Waals surface area contributed by atoms with Crippen molar-refractivity contribution in [3.05, 3.63) is 0 Å². The van der Waals surface area contributed by atoms with Crippen molar-refractivity contribution >= 4 is 12.3 Å². The molecule has 4 aliphatic carbocycles. The third kappa shape index (κ3) is 5.83. The molecule has 0 amide bonds. The average Bonchev–Trinajstić information content (AvgIpc) is 3.52. The van der Waals surface area contributed by atoms with Gasteiger partial charge in [-0.25, -0.2) is 0 Å². The number of esters is 1. The first-order valence-electron chi connectivity index (χ1n) is 17.5. The summed E-state index contributed by atoms with van der Waals surface area (Å²) in [6.07, 6.45) is 24.3. The molecule has 0 aromatic heterocycles. The molecule has 0 aromatic rings. The van der Waals surface area contributed by atoms with Crippen molar-refractivity contribution in [3.63, 3.8) is 0 Å². The highest BCUT2D eigenvalue weighted by Gasteiger charge is 2.75. The van der Waals surface area contributed by atoms with E-state index in [-0.39, 0.29) is 11.6 Å². The Bertz CT molecular complexity index is 871.